The van der Waals surface area contributed by atoms with Crippen molar-refractivity contribution in [2.24, 2.45) is 5.92 Å². The van der Waals surface area contributed by atoms with E-state index in [1.165, 1.54) is 25.1 Å². The maximum Gasteiger partial charge on any atom is 0.417 e. The number of fused-ring (bicyclic) bond motifs is 1. The molecule has 13 heteroatoms. The Morgan fingerprint density at radius 3 is 2.33 bits per heavy atom. The minimum Gasteiger partial charge on any atom is -0.493 e. The smallest absolute Gasteiger partial charge is 0.417 e. The topological polar surface area (TPSA) is 113 Å². The molecule has 0 bridgehead atoms. The number of nitrogens with one attached hydrogen (secondary N) is 3. The van der Waals surface area contributed by atoms with Crippen molar-refractivity contribution >= 4 is 22.4 Å². The molecule has 0 unspecified atom stereocenters. The summed E-state index contributed by atoms with van der Waals surface area (Å²) in [5, 5.41) is 6.61. The average Bonchev–Trinajstić information content (AvgIpc) is 3.10. The van der Waals surface area contributed by atoms with E-state index in [9.17, 15) is 36.3 Å². The van der Waals surface area contributed by atoms with Crippen LogP contribution in [-0.4, -0.2) is 41.1 Å². The number of carbonyl (C=O) groups is 1. The lowest BCUT2D eigenvalue weighted by Crippen LogP contribution is -2.47. The number of hydrogen-bond donors (Lipinski definition) is 3. The Labute approximate surface area is 199 Å². The maximum atomic E-state index is 14.4. The van der Waals surface area contributed by atoms with Gasteiger partial charge < -0.3 is 14.8 Å². The quantitative estimate of drug-likeness (QED) is 0.462. The van der Waals surface area contributed by atoms with Crippen LogP contribution in [0, 0.1) is 17.6 Å². The molecule has 0 radical (unpaired) electrons. The highest BCUT2D eigenvalue weighted by Crippen LogP contribution is 2.55. The molecule has 3 aromatic rings. The van der Waals surface area contributed by atoms with Crippen molar-refractivity contribution < 1.29 is 36.2 Å². The molecule has 2 aromatic carbocycles. The van der Waals surface area contributed by atoms with Crippen LogP contribution in [0.25, 0.3) is 10.8 Å². The van der Waals surface area contributed by atoms with Gasteiger partial charge in [0.25, 0.3) is 17.0 Å². The number of hydrogen-bond acceptors (Lipinski definition) is 5. The molecule has 4 rings (SSSR count). The number of amides is 1. The monoisotopic (exact) mass is 513 g/mol. The van der Waals surface area contributed by atoms with Crippen LogP contribution < -0.4 is 21.2 Å². The summed E-state index contributed by atoms with van der Waals surface area (Å²) in [6, 6.07) is 5.49. The molecule has 4 atom stereocenters. The van der Waals surface area contributed by atoms with E-state index in [0.717, 1.165) is 26.2 Å². The number of aromatic nitrogens is 2. The first-order valence-corrected chi connectivity index (χ1v) is 10.6. The predicted octanol–water partition coefficient (Wildman–Crippen LogP) is 3.58. The van der Waals surface area contributed by atoms with Crippen LogP contribution in [0.2, 0.25) is 0 Å². The number of carbonyl (C=O) groups excluding carboxylic acids is 1. The Bertz CT molecular complexity index is 1470. The molecule has 1 fully saturated rings. The number of methoxy groups -OCH3 is 1. The summed E-state index contributed by atoms with van der Waals surface area (Å²) in [7, 11) is 1.02. The normalized spacial score (nSPS) is 24.2. The molecule has 36 heavy (non-hydrogen) atoms. The van der Waals surface area contributed by atoms with Crippen molar-refractivity contribution in [2.75, 3.05) is 12.4 Å². The predicted molar refractivity (Wildman–Crippen MR) is 118 cm³/mol. The van der Waals surface area contributed by atoms with E-state index in [4.69, 9.17) is 9.47 Å². The molecule has 0 spiro atoms. The van der Waals surface area contributed by atoms with Crippen molar-refractivity contribution in [3.05, 3.63) is 68.2 Å². The van der Waals surface area contributed by atoms with Crippen LogP contribution in [0.15, 0.2) is 39.9 Å². The third-order valence-electron chi connectivity index (χ3n) is 6.64. The highest BCUT2D eigenvalue weighted by atomic mass is 19.4. The summed E-state index contributed by atoms with van der Waals surface area (Å²) in [4.78, 5) is 37.2. The summed E-state index contributed by atoms with van der Waals surface area (Å²) in [6.07, 6.45) is -6.72. The summed E-state index contributed by atoms with van der Waals surface area (Å²) >= 11 is 0. The third-order valence-corrected chi connectivity index (χ3v) is 6.64. The van der Waals surface area contributed by atoms with Gasteiger partial charge in [-0.2, -0.15) is 17.6 Å². The number of benzene rings is 2. The van der Waals surface area contributed by atoms with Crippen LogP contribution in [0.1, 0.15) is 25.3 Å². The number of H-pyrrole nitrogens is 2. The van der Waals surface area contributed by atoms with E-state index < -0.39 is 64.1 Å². The standard InChI is InChI=1S/C23H20F5N3O5/c1-9-15(12-6-7-14(24)16(25)17(12)35-3)18(36-22(9,2)23(26,27)28)21(34)29-10-4-5-11-13(8-10)20(33)31-30-19(11)32/h4-9,15,18H,1-3H3,(H,29,34)(H,30,32)(H,31,33)/t9-,15-,18+,22+/m0/s1. The Morgan fingerprint density at radius 1 is 1.08 bits per heavy atom. The summed E-state index contributed by atoms with van der Waals surface area (Å²) in [6.45, 7) is 1.96. The van der Waals surface area contributed by atoms with Gasteiger partial charge in [0.15, 0.2) is 17.2 Å². The van der Waals surface area contributed by atoms with Gasteiger partial charge in [-0.25, -0.2) is 4.39 Å². The zero-order valence-electron chi connectivity index (χ0n) is 19.0. The molecule has 2 heterocycles. The van der Waals surface area contributed by atoms with E-state index in [0.29, 0.717) is 0 Å². The fourth-order valence-corrected chi connectivity index (χ4v) is 4.51. The first kappa shape index (κ1) is 25.4. The number of aromatic amines is 2. The second-order valence-electron chi connectivity index (χ2n) is 8.60. The summed E-state index contributed by atoms with van der Waals surface area (Å²) in [5.74, 6) is -7.19. The van der Waals surface area contributed by atoms with Gasteiger partial charge in [-0.05, 0) is 31.2 Å². The van der Waals surface area contributed by atoms with Crippen LogP contribution in [0.5, 0.6) is 5.75 Å². The van der Waals surface area contributed by atoms with E-state index >= 15 is 0 Å². The number of rotatable bonds is 4. The number of halogens is 5. The zero-order chi connectivity index (χ0) is 26.6. The molecular formula is C23H20F5N3O5. The Hall–Kier alpha value is -3.74. The maximum absolute atomic E-state index is 14.4. The highest BCUT2D eigenvalue weighted by molar-refractivity contribution is 5.97. The lowest BCUT2D eigenvalue weighted by molar-refractivity contribution is -0.272. The summed E-state index contributed by atoms with van der Waals surface area (Å²) in [5.41, 5.74) is -4.26. The summed E-state index contributed by atoms with van der Waals surface area (Å²) < 4.78 is 80.6. The molecule has 0 saturated carbocycles. The lowest BCUT2D eigenvalue weighted by Gasteiger charge is -2.32. The van der Waals surface area contributed by atoms with Crippen molar-refractivity contribution in [1.82, 2.24) is 10.2 Å². The molecule has 8 nitrogen and oxygen atoms in total. The lowest BCUT2D eigenvalue weighted by atomic mass is 9.77. The highest BCUT2D eigenvalue weighted by Gasteiger charge is 2.65. The minimum atomic E-state index is -4.91. The molecule has 0 aliphatic carbocycles. The fraction of sp³-hybridized carbons (Fsp3) is 0.348. The first-order chi connectivity index (χ1) is 16.8. The van der Waals surface area contributed by atoms with Crippen molar-refractivity contribution in [3.8, 4) is 5.75 Å². The molecular weight excluding hydrogens is 493 g/mol. The largest absolute Gasteiger partial charge is 0.493 e. The van der Waals surface area contributed by atoms with Crippen LogP contribution in [0.3, 0.4) is 0 Å². The van der Waals surface area contributed by atoms with Crippen LogP contribution in [0.4, 0.5) is 27.6 Å². The van der Waals surface area contributed by atoms with Gasteiger partial charge in [0, 0.05) is 23.1 Å². The van der Waals surface area contributed by atoms with Crippen LogP contribution in [-0.2, 0) is 9.53 Å². The molecule has 1 aliphatic heterocycles. The zero-order valence-corrected chi connectivity index (χ0v) is 19.0. The molecule has 1 aromatic heterocycles. The van der Waals surface area contributed by atoms with Gasteiger partial charge in [0.1, 0.15) is 6.10 Å². The van der Waals surface area contributed by atoms with Gasteiger partial charge in [-0.15, -0.1) is 0 Å². The number of ether oxygens (including phenoxy) is 2. The second kappa shape index (κ2) is 8.73. The van der Waals surface area contributed by atoms with Crippen molar-refractivity contribution in [3.63, 3.8) is 0 Å². The van der Waals surface area contributed by atoms with Gasteiger partial charge in [-0.1, -0.05) is 13.0 Å². The van der Waals surface area contributed by atoms with E-state index in [1.807, 2.05) is 0 Å². The van der Waals surface area contributed by atoms with E-state index in [-0.39, 0.29) is 22.0 Å². The van der Waals surface area contributed by atoms with E-state index in [1.54, 1.807) is 0 Å². The molecule has 1 aliphatic rings. The SMILES string of the molecule is COc1c([C@H]2[C@H](C(=O)Nc3ccc4c(=O)[nH][nH]c(=O)c4c3)O[C@@](C)(C(F)(F)F)[C@H]2C)ccc(F)c1F. The number of alkyl halides is 3. The fourth-order valence-electron chi connectivity index (χ4n) is 4.51. The van der Waals surface area contributed by atoms with E-state index in [2.05, 4.69) is 15.5 Å². The molecule has 3 N–H and O–H groups in total. The third kappa shape index (κ3) is 3.92. The average molecular weight is 513 g/mol. The Kier molecular flexibility index (Phi) is 6.15. The molecule has 1 saturated heterocycles. The van der Waals surface area contributed by atoms with Gasteiger partial charge in [0.05, 0.1) is 17.9 Å². The van der Waals surface area contributed by atoms with Gasteiger partial charge in [-0.3, -0.25) is 24.6 Å². The number of anilines is 1. The minimum absolute atomic E-state index is 0.00327. The van der Waals surface area contributed by atoms with Gasteiger partial charge in [0.2, 0.25) is 5.82 Å². The first-order valence-electron chi connectivity index (χ1n) is 10.6. The second-order valence-corrected chi connectivity index (χ2v) is 8.60. The molecule has 192 valence electrons. The van der Waals surface area contributed by atoms with Crippen LogP contribution >= 0.6 is 0 Å². The Balaban J connectivity index is 1.79. The molecule has 1 amide bonds. The Morgan fingerprint density at radius 2 is 1.72 bits per heavy atom. The van der Waals surface area contributed by atoms with Crippen molar-refractivity contribution in [2.45, 2.75) is 37.6 Å². The van der Waals surface area contributed by atoms with Gasteiger partial charge >= 0.3 is 6.18 Å². The van der Waals surface area contributed by atoms with Crippen molar-refractivity contribution in [1.29, 1.82) is 0 Å².